The van der Waals surface area contributed by atoms with E-state index in [1.165, 1.54) is 20.3 Å². The van der Waals surface area contributed by atoms with Crippen LogP contribution in [-0.2, 0) is 14.3 Å². The van der Waals surface area contributed by atoms with E-state index in [9.17, 15) is 9.59 Å². The minimum atomic E-state index is -1.45. The van der Waals surface area contributed by atoms with Gasteiger partial charge in [0.1, 0.15) is 28.7 Å². The molecule has 0 bridgehead atoms. The van der Waals surface area contributed by atoms with Gasteiger partial charge in [-0.3, -0.25) is 9.59 Å². The Labute approximate surface area is 162 Å². The Morgan fingerprint density at radius 1 is 1.19 bits per heavy atom. The third kappa shape index (κ3) is 2.95. The van der Waals surface area contributed by atoms with Gasteiger partial charge in [-0.15, -0.1) is 0 Å². The van der Waals surface area contributed by atoms with Crippen molar-refractivity contribution in [2.75, 3.05) is 34.5 Å². The van der Waals surface area contributed by atoms with Gasteiger partial charge in [0.25, 0.3) is 0 Å². The van der Waals surface area contributed by atoms with Crippen LogP contribution < -0.4 is 14.2 Å². The number of rotatable bonds is 6. The zero-order chi connectivity index (χ0) is 19.8. The maximum absolute atomic E-state index is 13.4. The van der Waals surface area contributed by atoms with Crippen LogP contribution >= 0.6 is 11.6 Å². The van der Waals surface area contributed by atoms with Crippen molar-refractivity contribution in [3.8, 4) is 17.2 Å². The van der Waals surface area contributed by atoms with Gasteiger partial charge in [0.15, 0.2) is 17.3 Å². The topological polar surface area (TPSA) is 80.3 Å². The highest BCUT2D eigenvalue weighted by Crippen LogP contribution is 2.54. The van der Waals surface area contributed by atoms with E-state index in [2.05, 4.69) is 0 Å². The van der Waals surface area contributed by atoms with Crippen molar-refractivity contribution < 1.29 is 33.3 Å². The lowest BCUT2D eigenvalue weighted by Gasteiger charge is -2.36. The van der Waals surface area contributed by atoms with Crippen molar-refractivity contribution in [2.45, 2.75) is 18.9 Å². The summed E-state index contributed by atoms with van der Waals surface area (Å²) < 4.78 is 27.5. The summed E-state index contributed by atoms with van der Waals surface area (Å²) in [7, 11) is 4.41. The Balaban J connectivity index is 2.12. The van der Waals surface area contributed by atoms with Gasteiger partial charge in [-0.1, -0.05) is 18.5 Å². The number of ether oxygens (including phenoxy) is 5. The lowest BCUT2D eigenvalue weighted by Crippen LogP contribution is -2.51. The van der Waals surface area contributed by atoms with E-state index in [0.29, 0.717) is 12.4 Å². The minimum Gasteiger partial charge on any atom is -0.496 e. The van der Waals surface area contributed by atoms with E-state index in [0.717, 1.165) is 0 Å². The lowest BCUT2D eigenvalue weighted by atomic mass is 9.75. The molecule has 0 unspecified atom stereocenters. The number of fused-ring (bicyclic) bond motifs is 1. The normalized spacial score (nSPS) is 23.7. The summed E-state index contributed by atoms with van der Waals surface area (Å²) in [6.07, 6.45) is 1.46. The first kappa shape index (κ1) is 19.5. The maximum Gasteiger partial charge on any atom is 0.231 e. The molecule has 27 heavy (non-hydrogen) atoms. The number of methoxy groups -OCH3 is 3. The van der Waals surface area contributed by atoms with Gasteiger partial charge in [-0.25, -0.2) is 0 Å². The molecule has 0 saturated carbocycles. The molecule has 146 valence electrons. The molecule has 1 aliphatic carbocycles. The molecule has 0 fully saturated rings. The minimum absolute atomic E-state index is 0.126. The summed E-state index contributed by atoms with van der Waals surface area (Å²) in [5, 5.41) is 0.159. The summed E-state index contributed by atoms with van der Waals surface area (Å²) in [6.45, 7) is 2.41. The summed E-state index contributed by atoms with van der Waals surface area (Å²) in [5.74, 6) is 0.000144. The van der Waals surface area contributed by atoms with Crippen LogP contribution in [0, 0.1) is 5.92 Å². The van der Waals surface area contributed by atoms with Gasteiger partial charge in [-0.2, -0.15) is 0 Å². The lowest BCUT2D eigenvalue weighted by molar-refractivity contribution is -0.118. The summed E-state index contributed by atoms with van der Waals surface area (Å²) >= 11 is 6.47. The van der Waals surface area contributed by atoms with Crippen molar-refractivity contribution >= 4 is 23.2 Å². The SMILES string of the molecule is COCCOc1cc(OC)c2c(c1Cl)O[C@]1(C2=O)C(OC)=CC(=O)C[C@H]1C. The average Bonchev–Trinajstić information content (AvgIpc) is 2.95. The van der Waals surface area contributed by atoms with Crippen LogP contribution in [0.4, 0.5) is 0 Å². The van der Waals surface area contributed by atoms with Gasteiger partial charge in [0, 0.05) is 31.6 Å². The summed E-state index contributed by atoms with van der Waals surface area (Å²) in [5.41, 5.74) is -1.24. The predicted octanol–water partition coefficient (Wildman–Crippen LogP) is 2.83. The Kier molecular flexibility index (Phi) is 5.35. The van der Waals surface area contributed by atoms with Gasteiger partial charge in [-0.05, 0) is 0 Å². The largest absolute Gasteiger partial charge is 0.496 e. The van der Waals surface area contributed by atoms with Gasteiger partial charge in [0.2, 0.25) is 11.4 Å². The van der Waals surface area contributed by atoms with Crippen LogP contribution in [0.5, 0.6) is 17.2 Å². The number of Topliss-reactive ketones (excluding diaryl/α,β-unsaturated/α-hetero) is 1. The summed E-state index contributed by atoms with van der Waals surface area (Å²) in [4.78, 5) is 25.4. The zero-order valence-corrected chi connectivity index (χ0v) is 16.3. The number of ketones is 2. The van der Waals surface area contributed by atoms with Crippen molar-refractivity contribution in [1.82, 2.24) is 0 Å². The number of halogens is 1. The average molecular weight is 397 g/mol. The second kappa shape index (κ2) is 7.40. The predicted molar refractivity (Wildman–Crippen MR) is 96.9 cm³/mol. The molecule has 3 rings (SSSR count). The Morgan fingerprint density at radius 3 is 2.56 bits per heavy atom. The van der Waals surface area contributed by atoms with E-state index < -0.39 is 11.5 Å². The molecule has 2 aliphatic rings. The molecule has 0 N–H and O–H groups in total. The van der Waals surface area contributed by atoms with E-state index >= 15 is 0 Å². The standard InChI is InChI=1S/C19H21ClO7/c1-10-7-11(21)8-14(25-4)19(10)18(22)15-12(24-3)9-13(26-6-5-23-2)16(20)17(15)27-19/h8-10H,5-7H2,1-4H3/t10-,19+/m1/s1. The fraction of sp³-hybridized carbons (Fsp3) is 0.474. The second-order valence-corrected chi connectivity index (χ2v) is 6.77. The first-order valence-corrected chi connectivity index (χ1v) is 8.83. The fourth-order valence-corrected chi connectivity index (χ4v) is 3.73. The first-order chi connectivity index (χ1) is 12.9. The van der Waals surface area contributed by atoms with E-state index in [1.807, 2.05) is 0 Å². The third-order valence-corrected chi connectivity index (χ3v) is 5.18. The van der Waals surface area contributed by atoms with E-state index in [-0.39, 0.29) is 52.4 Å². The van der Waals surface area contributed by atoms with Crippen LogP contribution in [0.15, 0.2) is 17.9 Å². The van der Waals surface area contributed by atoms with Gasteiger partial charge >= 0.3 is 0 Å². The Bertz CT molecular complexity index is 817. The monoisotopic (exact) mass is 396 g/mol. The smallest absolute Gasteiger partial charge is 0.231 e. The number of carbonyl (C=O) groups is 2. The molecule has 0 aromatic heterocycles. The molecule has 1 aromatic rings. The van der Waals surface area contributed by atoms with Crippen LogP contribution in [-0.4, -0.2) is 51.7 Å². The van der Waals surface area contributed by atoms with Gasteiger partial charge < -0.3 is 23.7 Å². The Morgan fingerprint density at radius 2 is 1.93 bits per heavy atom. The maximum atomic E-state index is 13.4. The second-order valence-electron chi connectivity index (χ2n) is 6.39. The number of hydrogen-bond donors (Lipinski definition) is 0. The first-order valence-electron chi connectivity index (χ1n) is 8.45. The molecule has 1 heterocycles. The molecule has 8 heteroatoms. The molecule has 0 amide bonds. The van der Waals surface area contributed by atoms with E-state index in [1.54, 1.807) is 20.1 Å². The third-order valence-electron chi connectivity index (χ3n) is 4.82. The van der Waals surface area contributed by atoms with Crippen molar-refractivity contribution in [3.63, 3.8) is 0 Å². The zero-order valence-electron chi connectivity index (χ0n) is 15.6. The quantitative estimate of drug-likeness (QED) is 0.684. The number of allylic oxidation sites excluding steroid dienone is 1. The summed E-state index contributed by atoms with van der Waals surface area (Å²) in [6, 6.07) is 1.55. The molecule has 0 saturated heterocycles. The van der Waals surface area contributed by atoms with Crippen LogP contribution in [0.2, 0.25) is 5.02 Å². The highest BCUT2D eigenvalue weighted by atomic mass is 35.5. The van der Waals surface area contributed by atoms with Crippen molar-refractivity contribution in [2.24, 2.45) is 5.92 Å². The highest BCUT2D eigenvalue weighted by Gasteiger charge is 2.59. The fourth-order valence-electron chi connectivity index (χ4n) is 3.49. The molecule has 0 radical (unpaired) electrons. The van der Waals surface area contributed by atoms with E-state index in [4.69, 9.17) is 35.3 Å². The Hall–Kier alpha value is -2.25. The molecule has 2 atom stereocenters. The molecule has 7 nitrogen and oxygen atoms in total. The highest BCUT2D eigenvalue weighted by molar-refractivity contribution is 6.35. The molecular weight excluding hydrogens is 376 g/mol. The van der Waals surface area contributed by atoms with Crippen LogP contribution in [0.25, 0.3) is 0 Å². The number of hydrogen-bond acceptors (Lipinski definition) is 7. The molecule has 1 aromatic carbocycles. The molecule has 1 spiro atoms. The molecular formula is C19H21ClO7. The number of benzene rings is 1. The van der Waals surface area contributed by atoms with Gasteiger partial charge in [0.05, 0.1) is 20.8 Å². The number of carbonyl (C=O) groups excluding carboxylic acids is 2. The molecule has 1 aliphatic heterocycles. The van der Waals surface area contributed by atoms with Crippen molar-refractivity contribution in [3.05, 3.63) is 28.5 Å². The van der Waals surface area contributed by atoms with Crippen LogP contribution in [0.3, 0.4) is 0 Å². The van der Waals surface area contributed by atoms with Crippen molar-refractivity contribution in [1.29, 1.82) is 0 Å². The van der Waals surface area contributed by atoms with Crippen LogP contribution in [0.1, 0.15) is 23.7 Å².